The fourth-order valence-corrected chi connectivity index (χ4v) is 1.14. The van der Waals surface area contributed by atoms with Gasteiger partial charge in [-0.3, -0.25) is 0 Å². The summed E-state index contributed by atoms with van der Waals surface area (Å²) in [6, 6.07) is 0. The lowest BCUT2D eigenvalue weighted by Crippen LogP contribution is -1.65. The van der Waals surface area contributed by atoms with Crippen LogP contribution in [0.25, 0.3) is 0 Å². The number of allylic oxidation sites excluding steroid dienone is 4. The molecule has 0 aromatic carbocycles. The van der Waals surface area contributed by atoms with Gasteiger partial charge in [-0.1, -0.05) is 62.8 Å². The van der Waals surface area contributed by atoms with Crippen molar-refractivity contribution in [1.82, 2.24) is 0 Å². The maximum atomic E-state index is 4.07. The second-order valence-electron chi connectivity index (χ2n) is 1.96. The van der Waals surface area contributed by atoms with E-state index in [0.717, 1.165) is 10.5 Å². The molecule has 0 fully saturated rings. The van der Waals surface area contributed by atoms with E-state index in [0.29, 0.717) is 0 Å². The molecule has 0 saturated heterocycles. The second kappa shape index (κ2) is 18.7. The van der Waals surface area contributed by atoms with E-state index >= 15 is 0 Å². The Hall–Kier alpha value is -0.0800. The fourth-order valence-electron chi connectivity index (χ4n) is 0.404. The van der Waals surface area contributed by atoms with E-state index < -0.39 is 0 Å². The third kappa shape index (κ3) is 17.9. The molecule has 0 aliphatic carbocycles. The molecule has 0 aliphatic heterocycles. The van der Waals surface area contributed by atoms with Crippen LogP contribution in [0, 0.1) is 0 Å². The van der Waals surface area contributed by atoms with Crippen molar-refractivity contribution in [2.24, 2.45) is 0 Å². The first-order valence-electron chi connectivity index (χ1n) is 5.02. The third-order valence-electron chi connectivity index (χ3n) is 0.922. The molecule has 0 nitrogen and oxygen atoms in total. The minimum absolute atomic E-state index is 1.06. The minimum Gasteiger partial charge on any atom is -0.106 e. The summed E-state index contributed by atoms with van der Waals surface area (Å²) in [5.74, 6) is 0. The molecule has 0 aliphatic rings. The smallest absolute Gasteiger partial charge is 0.0137 e. The average Bonchev–Trinajstić information content (AvgIpc) is 2.25. The molecule has 0 N–H and O–H groups in total. The van der Waals surface area contributed by atoms with E-state index in [4.69, 9.17) is 0 Å². The molecule has 0 aromatic heterocycles. The number of rotatable bonds is 3. The summed E-state index contributed by atoms with van der Waals surface area (Å²) in [7, 11) is 1.44. The molecule has 0 spiro atoms. The van der Waals surface area contributed by atoms with Crippen molar-refractivity contribution in [1.29, 1.82) is 0 Å². The standard InChI is InChI=1S/C8H12S2.2C2H6/c1-4-8(10-9)6-5-7(2)3;2*1-2/h4-6,9H,2H2,1,3H3;2*1-2H3/b6-5-,8-4+;;. The van der Waals surface area contributed by atoms with E-state index in [1.165, 1.54) is 10.8 Å². The predicted octanol–water partition coefficient (Wildman–Crippen LogP) is 5.65. The maximum Gasteiger partial charge on any atom is 0.0137 e. The van der Waals surface area contributed by atoms with Gasteiger partial charge in [-0.25, -0.2) is 0 Å². The van der Waals surface area contributed by atoms with Gasteiger partial charge in [0.05, 0.1) is 0 Å². The van der Waals surface area contributed by atoms with Crippen LogP contribution in [0.2, 0.25) is 0 Å². The monoisotopic (exact) mass is 232 g/mol. The normalized spacial score (nSPS) is 9.79. The van der Waals surface area contributed by atoms with Crippen molar-refractivity contribution >= 4 is 22.5 Å². The summed E-state index contributed by atoms with van der Waals surface area (Å²) in [5, 5.41) is 0. The first-order chi connectivity index (χ1) is 6.70. The quantitative estimate of drug-likeness (QED) is 0.372. The van der Waals surface area contributed by atoms with Crippen LogP contribution >= 0.6 is 22.5 Å². The molecule has 0 unspecified atom stereocenters. The zero-order chi connectivity index (χ0) is 12.0. The third-order valence-corrected chi connectivity index (χ3v) is 2.14. The minimum atomic E-state index is 1.06. The van der Waals surface area contributed by atoms with Crippen LogP contribution in [0.4, 0.5) is 0 Å². The SMILES string of the molecule is C=C(C)/C=C\C(=C/C)SS.CC.CC. The molecule has 0 radical (unpaired) electrons. The van der Waals surface area contributed by atoms with Gasteiger partial charge in [0, 0.05) is 4.91 Å². The van der Waals surface area contributed by atoms with Gasteiger partial charge >= 0.3 is 0 Å². The van der Waals surface area contributed by atoms with E-state index in [9.17, 15) is 0 Å². The van der Waals surface area contributed by atoms with E-state index in [1.807, 2.05) is 59.8 Å². The Morgan fingerprint density at radius 1 is 1.14 bits per heavy atom. The van der Waals surface area contributed by atoms with Crippen LogP contribution in [0.1, 0.15) is 41.5 Å². The topological polar surface area (TPSA) is 0 Å². The van der Waals surface area contributed by atoms with Gasteiger partial charge in [-0.2, -0.15) is 0 Å². The summed E-state index contributed by atoms with van der Waals surface area (Å²) in [6.07, 6.45) is 5.98. The molecule has 0 amide bonds. The van der Waals surface area contributed by atoms with Crippen molar-refractivity contribution in [3.05, 3.63) is 35.3 Å². The number of hydrogen-bond acceptors (Lipinski definition) is 2. The van der Waals surface area contributed by atoms with E-state index in [-0.39, 0.29) is 0 Å². The zero-order valence-corrected chi connectivity index (χ0v) is 12.0. The molecule has 0 heterocycles. The summed E-state index contributed by atoms with van der Waals surface area (Å²) < 4.78 is 0. The van der Waals surface area contributed by atoms with Gasteiger partial charge < -0.3 is 0 Å². The lowest BCUT2D eigenvalue weighted by molar-refractivity contribution is 1.50. The molecular weight excluding hydrogens is 208 g/mol. The number of thiol groups is 1. The summed E-state index contributed by atoms with van der Waals surface area (Å²) in [4.78, 5) is 1.14. The van der Waals surface area contributed by atoms with Gasteiger partial charge in [0.1, 0.15) is 0 Å². The van der Waals surface area contributed by atoms with Gasteiger partial charge in [-0.05, 0) is 19.9 Å². The molecule has 0 aromatic rings. The largest absolute Gasteiger partial charge is 0.106 e. The van der Waals surface area contributed by atoms with E-state index in [2.05, 4.69) is 18.2 Å². The molecule has 0 bridgehead atoms. The Morgan fingerprint density at radius 2 is 1.57 bits per heavy atom. The zero-order valence-electron chi connectivity index (χ0n) is 10.3. The van der Waals surface area contributed by atoms with Gasteiger partial charge in [0.15, 0.2) is 0 Å². The highest BCUT2D eigenvalue weighted by molar-refractivity contribution is 8.70. The Bertz CT molecular complexity index is 167. The lowest BCUT2D eigenvalue weighted by Gasteiger charge is -1.91. The summed E-state index contributed by atoms with van der Waals surface area (Å²) in [5.41, 5.74) is 1.06. The van der Waals surface area contributed by atoms with Crippen molar-refractivity contribution < 1.29 is 0 Å². The van der Waals surface area contributed by atoms with Gasteiger partial charge in [0.2, 0.25) is 0 Å². The Labute approximate surface area is 99.4 Å². The van der Waals surface area contributed by atoms with Crippen LogP contribution in [-0.2, 0) is 0 Å². The van der Waals surface area contributed by atoms with Gasteiger partial charge in [0.25, 0.3) is 0 Å². The average molecular weight is 232 g/mol. The van der Waals surface area contributed by atoms with Crippen LogP contribution in [-0.4, -0.2) is 0 Å². The van der Waals surface area contributed by atoms with Crippen LogP contribution in [0.15, 0.2) is 35.3 Å². The van der Waals surface area contributed by atoms with Crippen LogP contribution in [0.5, 0.6) is 0 Å². The maximum absolute atomic E-state index is 4.07. The molecule has 0 saturated carbocycles. The molecule has 2 heteroatoms. The van der Waals surface area contributed by atoms with Crippen molar-refractivity contribution in [2.75, 3.05) is 0 Å². The van der Waals surface area contributed by atoms with Crippen molar-refractivity contribution in [3.63, 3.8) is 0 Å². The highest BCUT2D eigenvalue weighted by Gasteiger charge is 1.84. The van der Waals surface area contributed by atoms with Crippen molar-refractivity contribution in [3.8, 4) is 0 Å². The molecule has 84 valence electrons. The summed E-state index contributed by atoms with van der Waals surface area (Å²) >= 11 is 4.07. The second-order valence-corrected chi connectivity index (χ2v) is 3.16. The molecule has 0 atom stereocenters. The van der Waals surface area contributed by atoms with Crippen molar-refractivity contribution in [2.45, 2.75) is 41.5 Å². The van der Waals surface area contributed by atoms with E-state index in [1.54, 1.807) is 0 Å². The summed E-state index contributed by atoms with van der Waals surface area (Å²) in [6.45, 7) is 15.7. The first-order valence-corrected chi connectivity index (χ1v) is 6.89. The Kier molecular flexibility index (Phi) is 26.0. The number of hydrogen-bond donors (Lipinski definition) is 1. The highest BCUT2D eigenvalue weighted by Crippen LogP contribution is 2.20. The van der Waals surface area contributed by atoms with Crippen LogP contribution < -0.4 is 0 Å². The highest BCUT2D eigenvalue weighted by atomic mass is 33.1. The predicted molar refractivity (Wildman–Crippen MR) is 77.0 cm³/mol. The molecule has 0 rings (SSSR count). The first kappa shape index (κ1) is 19.5. The van der Waals surface area contributed by atoms with Gasteiger partial charge in [-0.15, -0.1) is 11.7 Å². The Morgan fingerprint density at radius 3 is 1.79 bits per heavy atom. The fraction of sp³-hybridized carbons (Fsp3) is 0.500. The lowest BCUT2D eigenvalue weighted by atomic mass is 10.3. The molecular formula is C12H24S2. The van der Waals surface area contributed by atoms with Crippen LogP contribution in [0.3, 0.4) is 0 Å². The molecule has 14 heavy (non-hydrogen) atoms. The Balaban J connectivity index is -0.000000266.